The summed E-state index contributed by atoms with van der Waals surface area (Å²) in [6.45, 7) is 1.27. The molecule has 2 aromatic carbocycles. The van der Waals surface area contributed by atoms with Gasteiger partial charge in [-0.2, -0.15) is 0 Å². The molecule has 0 saturated heterocycles. The van der Waals surface area contributed by atoms with Gasteiger partial charge in [-0.3, -0.25) is 4.79 Å². The summed E-state index contributed by atoms with van der Waals surface area (Å²) in [5.41, 5.74) is 1.43. The Morgan fingerprint density at radius 2 is 1.59 bits per heavy atom. The van der Waals surface area contributed by atoms with Crippen LogP contribution in [0.2, 0.25) is 0 Å². The predicted octanol–water partition coefficient (Wildman–Crippen LogP) is 1.69. The number of amides is 1. The van der Waals surface area contributed by atoms with E-state index in [4.69, 9.17) is 0 Å². The second-order valence-corrected chi connectivity index (χ2v) is 5.58. The number of hydrogen-bond donors (Lipinski definition) is 3. The van der Waals surface area contributed by atoms with E-state index < -0.39 is 5.54 Å². The van der Waals surface area contributed by atoms with Gasteiger partial charge in [0.1, 0.15) is 0 Å². The number of carbonyl (C=O) groups excluding carboxylic acids is 1. The van der Waals surface area contributed by atoms with Gasteiger partial charge in [-0.15, -0.1) is 0 Å². The lowest BCUT2D eigenvalue weighted by Crippen LogP contribution is -2.55. The molecule has 0 aliphatic rings. The molecule has 0 aliphatic carbocycles. The molecule has 116 valence electrons. The number of aliphatic hydroxyl groups excluding tert-OH is 2. The Bertz CT molecular complexity index is 604. The van der Waals surface area contributed by atoms with Crippen molar-refractivity contribution in [2.75, 3.05) is 13.2 Å². The maximum absolute atomic E-state index is 12.3. The SMILES string of the molecule is Cc1ccc(C(=O)NC(CO)(CO)Cc2ccccc2)cc1. The molecule has 2 rings (SSSR count). The summed E-state index contributed by atoms with van der Waals surface area (Å²) in [5, 5.41) is 22.2. The molecule has 0 aliphatic heterocycles. The molecule has 0 heterocycles. The molecule has 22 heavy (non-hydrogen) atoms. The van der Waals surface area contributed by atoms with E-state index in [1.54, 1.807) is 12.1 Å². The molecule has 1 amide bonds. The minimum atomic E-state index is -1.08. The zero-order valence-electron chi connectivity index (χ0n) is 12.6. The molecule has 3 N–H and O–H groups in total. The highest BCUT2D eigenvalue weighted by molar-refractivity contribution is 5.94. The van der Waals surface area contributed by atoms with Gasteiger partial charge < -0.3 is 15.5 Å². The van der Waals surface area contributed by atoms with Gasteiger partial charge in [-0.25, -0.2) is 0 Å². The maximum atomic E-state index is 12.3. The van der Waals surface area contributed by atoms with Crippen LogP contribution in [0.4, 0.5) is 0 Å². The van der Waals surface area contributed by atoms with Crippen molar-refractivity contribution in [2.24, 2.45) is 0 Å². The summed E-state index contributed by atoms with van der Waals surface area (Å²) in [7, 11) is 0. The Kier molecular flexibility index (Phi) is 5.31. The van der Waals surface area contributed by atoms with Gasteiger partial charge in [0.05, 0.1) is 18.8 Å². The Hall–Kier alpha value is -2.17. The van der Waals surface area contributed by atoms with Gasteiger partial charge in [0.15, 0.2) is 0 Å². The normalized spacial score (nSPS) is 11.2. The average molecular weight is 299 g/mol. The summed E-state index contributed by atoms with van der Waals surface area (Å²) < 4.78 is 0. The van der Waals surface area contributed by atoms with Gasteiger partial charge >= 0.3 is 0 Å². The minimum absolute atomic E-state index is 0.306. The van der Waals surface area contributed by atoms with Crippen molar-refractivity contribution in [1.82, 2.24) is 5.32 Å². The van der Waals surface area contributed by atoms with Crippen LogP contribution < -0.4 is 5.32 Å². The van der Waals surface area contributed by atoms with Crippen molar-refractivity contribution >= 4 is 5.91 Å². The quantitative estimate of drug-likeness (QED) is 0.760. The van der Waals surface area contributed by atoms with Crippen LogP contribution in [0.1, 0.15) is 21.5 Å². The van der Waals surface area contributed by atoms with Crippen LogP contribution >= 0.6 is 0 Å². The highest BCUT2D eigenvalue weighted by Crippen LogP contribution is 2.14. The molecule has 0 fully saturated rings. The van der Waals surface area contributed by atoms with Gasteiger partial charge in [-0.1, -0.05) is 48.0 Å². The molecule has 4 nitrogen and oxygen atoms in total. The molecule has 0 unspecified atom stereocenters. The lowest BCUT2D eigenvalue weighted by atomic mass is 9.91. The van der Waals surface area contributed by atoms with E-state index in [2.05, 4.69) is 5.32 Å². The Balaban J connectivity index is 2.17. The van der Waals surface area contributed by atoms with E-state index in [9.17, 15) is 15.0 Å². The number of nitrogens with one attached hydrogen (secondary N) is 1. The van der Waals surface area contributed by atoms with E-state index in [-0.39, 0.29) is 19.1 Å². The second-order valence-electron chi connectivity index (χ2n) is 5.58. The Labute approximate surface area is 130 Å². The number of aryl methyl sites for hydroxylation is 1. The fourth-order valence-electron chi connectivity index (χ4n) is 2.29. The summed E-state index contributed by atoms with van der Waals surface area (Å²) in [4.78, 5) is 12.3. The van der Waals surface area contributed by atoms with Crippen molar-refractivity contribution in [3.05, 3.63) is 71.3 Å². The van der Waals surface area contributed by atoms with E-state index in [1.807, 2.05) is 49.4 Å². The summed E-state index contributed by atoms with van der Waals surface area (Å²) in [5.74, 6) is -0.306. The van der Waals surface area contributed by atoms with Crippen LogP contribution in [-0.2, 0) is 6.42 Å². The summed E-state index contributed by atoms with van der Waals surface area (Å²) in [6, 6.07) is 16.6. The monoisotopic (exact) mass is 299 g/mol. The number of rotatable bonds is 6. The number of benzene rings is 2. The van der Waals surface area contributed by atoms with Gasteiger partial charge in [-0.05, 0) is 24.6 Å². The first-order valence-corrected chi connectivity index (χ1v) is 7.23. The van der Waals surface area contributed by atoms with Crippen molar-refractivity contribution in [3.63, 3.8) is 0 Å². The fraction of sp³-hybridized carbons (Fsp3) is 0.278. The lowest BCUT2D eigenvalue weighted by Gasteiger charge is -2.31. The van der Waals surface area contributed by atoms with Crippen molar-refractivity contribution < 1.29 is 15.0 Å². The minimum Gasteiger partial charge on any atom is -0.394 e. The molecule has 2 aromatic rings. The number of carbonyl (C=O) groups is 1. The predicted molar refractivity (Wildman–Crippen MR) is 85.7 cm³/mol. The molecular weight excluding hydrogens is 278 g/mol. The molecule has 0 radical (unpaired) electrons. The zero-order valence-corrected chi connectivity index (χ0v) is 12.6. The third kappa shape index (κ3) is 3.93. The summed E-state index contributed by atoms with van der Waals surface area (Å²) >= 11 is 0. The van der Waals surface area contributed by atoms with Crippen LogP contribution in [0.3, 0.4) is 0 Å². The number of aliphatic hydroxyl groups is 2. The highest BCUT2D eigenvalue weighted by Gasteiger charge is 2.31. The first kappa shape index (κ1) is 16.2. The van der Waals surface area contributed by atoms with Gasteiger partial charge in [0, 0.05) is 12.0 Å². The first-order valence-electron chi connectivity index (χ1n) is 7.23. The smallest absolute Gasteiger partial charge is 0.251 e. The van der Waals surface area contributed by atoms with Gasteiger partial charge in [0.25, 0.3) is 5.91 Å². The van der Waals surface area contributed by atoms with E-state index in [0.29, 0.717) is 12.0 Å². The van der Waals surface area contributed by atoms with Gasteiger partial charge in [0.2, 0.25) is 0 Å². The molecule has 0 atom stereocenters. The molecule has 0 bridgehead atoms. The summed E-state index contributed by atoms with van der Waals surface area (Å²) in [6.07, 6.45) is 0.360. The van der Waals surface area contributed by atoms with Crippen LogP contribution in [-0.4, -0.2) is 34.9 Å². The first-order chi connectivity index (χ1) is 10.6. The molecule has 4 heteroatoms. The van der Waals surface area contributed by atoms with E-state index in [1.165, 1.54) is 0 Å². The van der Waals surface area contributed by atoms with Crippen LogP contribution in [0.5, 0.6) is 0 Å². The lowest BCUT2D eigenvalue weighted by molar-refractivity contribution is 0.0667. The van der Waals surface area contributed by atoms with Crippen molar-refractivity contribution in [1.29, 1.82) is 0 Å². The zero-order chi connectivity index (χ0) is 16.0. The third-order valence-corrected chi connectivity index (χ3v) is 3.68. The van der Waals surface area contributed by atoms with E-state index in [0.717, 1.165) is 11.1 Å². The molecule has 0 spiro atoms. The molecular formula is C18H21NO3. The fourth-order valence-corrected chi connectivity index (χ4v) is 2.29. The maximum Gasteiger partial charge on any atom is 0.251 e. The highest BCUT2D eigenvalue weighted by atomic mass is 16.3. The van der Waals surface area contributed by atoms with Crippen molar-refractivity contribution in [3.8, 4) is 0 Å². The van der Waals surface area contributed by atoms with Crippen LogP contribution in [0.15, 0.2) is 54.6 Å². The third-order valence-electron chi connectivity index (χ3n) is 3.68. The second kappa shape index (κ2) is 7.20. The van der Waals surface area contributed by atoms with E-state index >= 15 is 0 Å². The largest absolute Gasteiger partial charge is 0.394 e. The topological polar surface area (TPSA) is 69.6 Å². The van der Waals surface area contributed by atoms with Crippen molar-refractivity contribution in [2.45, 2.75) is 18.9 Å². The average Bonchev–Trinajstić information content (AvgIpc) is 2.55. The Morgan fingerprint density at radius 1 is 1.00 bits per heavy atom. The number of hydrogen-bond acceptors (Lipinski definition) is 3. The standard InChI is InChI=1S/C18H21NO3/c1-14-7-9-16(10-8-14)17(22)19-18(12-20,13-21)11-15-5-3-2-4-6-15/h2-10,20-21H,11-13H2,1H3,(H,19,22). The molecule has 0 saturated carbocycles. The Morgan fingerprint density at radius 3 is 2.14 bits per heavy atom. The van der Waals surface area contributed by atoms with Crippen LogP contribution in [0.25, 0.3) is 0 Å². The molecule has 0 aromatic heterocycles. The van der Waals surface area contributed by atoms with Crippen LogP contribution in [0, 0.1) is 6.92 Å².